The van der Waals surface area contributed by atoms with Crippen LogP contribution in [0, 0.1) is 0 Å². The molecule has 1 heterocycles. The SMILES string of the molecule is Nc1ccc(OCCS(=O)(=O)NCc2nn[nH]n2)cc1. The number of ether oxygens (including phenoxy) is 1. The van der Waals surface area contributed by atoms with Crippen molar-refractivity contribution in [3.05, 3.63) is 30.1 Å². The van der Waals surface area contributed by atoms with Crippen molar-refractivity contribution in [2.45, 2.75) is 6.54 Å². The van der Waals surface area contributed by atoms with Crippen LogP contribution < -0.4 is 15.2 Å². The first-order chi connectivity index (χ1) is 9.55. The number of nitrogen functional groups attached to an aromatic ring is 1. The molecule has 0 saturated carbocycles. The van der Waals surface area contributed by atoms with Gasteiger partial charge in [0.2, 0.25) is 10.0 Å². The quantitative estimate of drug-likeness (QED) is 0.574. The summed E-state index contributed by atoms with van der Waals surface area (Å²) in [6.07, 6.45) is 0. The van der Waals surface area contributed by atoms with E-state index in [1.165, 1.54) is 0 Å². The van der Waals surface area contributed by atoms with Crippen molar-refractivity contribution in [1.29, 1.82) is 0 Å². The van der Waals surface area contributed by atoms with E-state index in [9.17, 15) is 8.42 Å². The third kappa shape index (κ3) is 4.48. The molecule has 2 aromatic rings. The molecule has 0 saturated heterocycles. The second kappa shape index (κ2) is 6.30. The monoisotopic (exact) mass is 298 g/mol. The smallest absolute Gasteiger partial charge is 0.215 e. The lowest BCUT2D eigenvalue weighted by Gasteiger charge is -2.07. The Morgan fingerprint density at radius 3 is 2.70 bits per heavy atom. The zero-order valence-electron chi connectivity index (χ0n) is 10.5. The van der Waals surface area contributed by atoms with Gasteiger partial charge in [0.25, 0.3) is 0 Å². The molecule has 0 spiro atoms. The molecule has 0 aliphatic carbocycles. The molecule has 0 aliphatic heterocycles. The van der Waals surface area contributed by atoms with Crippen LogP contribution in [0.1, 0.15) is 5.82 Å². The molecule has 0 aliphatic rings. The van der Waals surface area contributed by atoms with E-state index in [-0.39, 0.29) is 24.7 Å². The number of hydrogen-bond acceptors (Lipinski definition) is 7. The van der Waals surface area contributed by atoms with Crippen molar-refractivity contribution < 1.29 is 13.2 Å². The molecule has 4 N–H and O–H groups in total. The number of tetrazole rings is 1. The molecule has 0 fully saturated rings. The number of aromatic amines is 1. The summed E-state index contributed by atoms with van der Waals surface area (Å²) in [6, 6.07) is 6.71. The third-order valence-electron chi connectivity index (χ3n) is 2.34. The molecule has 0 radical (unpaired) electrons. The average Bonchev–Trinajstić information content (AvgIpc) is 2.92. The van der Waals surface area contributed by atoms with Crippen LogP contribution in [-0.4, -0.2) is 41.4 Å². The number of H-pyrrole nitrogens is 1. The Morgan fingerprint density at radius 1 is 1.30 bits per heavy atom. The van der Waals surface area contributed by atoms with E-state index < -0.39 is 10.0 Å². The molecular weight excluding hydrogens is 284 g/mol. The van der Waals surface area contributed by atoms with Gasteiger partial charge in [-0.1, -0.05) is 5.21 Å². The summed E-state index contributed by atoms with van der Waals surface area (Å²) in [5.41, 5.74) is 6.15. The fourth-order valence-electron chi connectivity index (χ4n) is 1.34. The first kappa shape index (κ1) is 14.2. The van der Waals surface area contributed by atoms with E-state index in [1.54, 1.807) is 24.3 Å². The summed E-state index contributed by atoms with van der Waals surface area (Å²) >= 11 is 0. The summed E-state index contributed by atoms with van der Waals surface area (Å²) in [6.45, 7) is 0.0200. The Morgan fingerprint density at radius 2 is 2.05 bits per heavy atom. The van der Waals surface area contributed by atoms with Gasteiger partial charge in [-0.05, 0) is 24.3 Å². The maximum absolute atomic E-state index is 11.7. The van der Waals surface area contributed by atoms with Crippen LogP contribution in [0.2, 0.25) is 0 Å². The number of aromatic nitrogens is 4. The predicted molar refractivity (Wildman–Crippen MR) is 71.2 cm³/mol. The minimum atomic E-state index is -3.46. The van der Waals surface area contributed by atoms with Crippen LogP contribution in [-0.2, 0) is 16.6 Å². The first-order valence-electron chi connectivity index (χ1n) is 5.73. The van der Waals surface area contributed by atoms with Gasteiger partial charge in [-0.2, -0.15) is 5.21 Å². The molecule has 1 aromatic heterocycles. The maximum Gasteiger partial charge on any atom is 0.215 e. The summed E-state index contributed by atoms with van der Waals surface area (Å²) in [7, 11) is -3.46. The van der Waals surface area contributed by atoms with Gasteiger partial charge >= 0.3 is 0 Å². The minimum Gasteiger partial charge on any atom is -0.492 e. The number of anilines is 1. The van der Waals surface area contributed by atoms with E-state index >= 15 is 0 Å². The van der Waals surface area contributed by atoms with E-state index in [0.29, 0.717) is 11.4 Å². The lowest BCUT2D eigenvalue weighted by atomic mass is 10.3. The molecule has 2 rings (SSSR count). The van der Waals surface area contributed by atoms with E-state index in [4.69, 9.17) is 10.5 Å². The van der Waals surface area contributed by atoms with Gasteiger partial charge < -0.3 is 10.5 Å². The summed E-state index contributed by atoms with van der Waals surface area (Å²) in [4.78, 5) is 0. The van der Waals surface area contributed by atoms with Crippen LogP contribution >= 0.6 is 0 Å². The average molecular weight is 298 g/mol. The summed E-state index contributed by atoms with van der Waals surface area (Å²) in [5.74, 6) is 0.662. The van der Waals surface area contributed by atoms with Crippen molar-refractivity contribution in [2.24, 2.45) is 0 Å². The molecule has 10 heteroatoms. The zero-order valence-corrected chi connectivity index (χ0v) is 11.3. The van der Waals surface area contributed by atoms with Crippen molar-refractivity contribution in [3.8, 4) is 5.75 Å². The van der Waals surface area contributed by atoms with Gasteiger partial charge in [-0.15, -0.1) is 10.2 Å². The third-order valence-corrected chi connectivity index (χ3v) is 3.63. The van der Waals surface area contributed by atoms with Crippen LogP contribution in [0.4, 0.5) is 5.69 Å². The number of nitrogens with two attached hydrogens (primary N) is 1. The number of hydrogen-bond donors (Lipinski definition) is 3. The Kier molecular flexibility index (Phi) is 4.48. The fourth-order valence-corrected chi connectivity index (χ4v) is 2.13. The van der Waals surface area contributed by atoms with Crippen LogP contribution in [0.25, 0.3) is 0 Å². The van der Waals surface area contributed by atoms with Crippen molar-refractivity contribution >= 4 is 15.7 Å². The summed E-state index contributed by atoms with van der Waals surface area (Å²) in [5, 5.41) is 12.8. The van der Waals surface area contributed by atoms with Gasteiger partial charge in [0.05, 0.1) is 12.3 Å². The van der Waals surface area contributed by atoms with Gasteiger partial charge in [-0.3, -0.25) is 0 Å². The van der Waals surface area contributed by atoms with Crippen LogP contribution in [0.5, 0.6) is 5.75 Å². The maximum atomic E-state index is 11.7. The Bertz CT molecular complexity index is 626. The molecule has 108 valence electrons. The largest absolute Gasteiger partial charge is 0.492 e. The molecule has 1 aromatic carbocycles. The highest BCUT2D eigenvalue weighted by Gasteiger charge is 2.11. The van der Waals surface area contributed by atoms with E-state index in [1.807, 2.05) is 0 Å². The summed E-state index contributed by atoms with van der Waals surface area (Å²) < 4.78 is 31.0. The zero-order chi connectivity index (χ0) is 14.4. The fraction of sp³-hybridized carbons (Fsp3) is 0.300. The number of nitrogens with one attached hydrogen (secondary N) is 2. The first-order valence-corrected chi connectivity index (χ1v) is 7.38. The minimum absolute atomic E-state index is 0.0132. The topological polar surface area (TPSA) is 136 Å². The number of nitrogens with zero attached hydrogens (tertiary/aromatic N) is 3. The highest BCUT2D eigenvalue weighted by atomic mass is 32.2. The Labute approximate surface area is 115 Å². The number of benzene rings is 1. The van der Waals surface area contributed by atoms with Gasteiger partial charge in [0.15, 0.2) is 5.82 Å². The lowest BCUT2D eigenvalue weighted by molar-refractivity contribution is 0.340. The molecule has 0 atom stereocenters. The molecule has 9 nitrogen and oxygen atoms in total. The van der Waals surface area contributed by atoms with E-state index in [2.05, 4.69) is 25.3 Å². The Hall–Kier alpha value is -2.20. The van der Waals surface area contributed by atoms with Gasteiger partial charge in [0, 0.05) is 5.69 Å². The van der Waals surface area contributed by atoms with Crippen LogP contribution in [0.3, 0.4) is 0 Å². The molecule has 0 unspecified atom stereocenters. The van der Waals surface area contributed by atoms with Gasteiger partial charge in [0.1, 0.15) is 12.4 Å². The molecular formula is C10H14N6O3S. The Balaban J connectivity index is 1.76. The molecule has 0 amide bonds. The standard InChI is InChI=1S/C10H14N6O3S/c11-8-1-3-9(4-2-8)19-5-6-20(17,18)12-7-10-13-15-16-14-10/h1-4,12H,5-7,11H2,(H,13,14,15,16). The van der Waals surface area contributed by atoms with Crippen LogP contribution in [0.15, 0.2) is 24.3 Å². The van der Waals surface area contributed by atoms with Crippen molar-refractivity contribution in [3.63, 3.8) is 0 Å². The van der Waals surface area contributed by atoms with Gasteiger partial charge in [-0.25, -0.2) is 13.1 Å². The van der Waals surface area contributed by atoms with Crippen molar-refractivity contribution in [2.75, 3.05) is 18.1 Å². The van der Waals surface area contributed by atoms with Crippen molar-refractivity contribution in [1.82, 2.24) is 25.3 Å². The second-order valence-electron chi connectivity index (χ2n) is 3.89. The normalized spacial score (nSPS) is 11.4. The molecule has 20 heavy (non-hydrogen) atoms. The second-order valence-corrected chi connectivity index (χ2v) is 5.81. The highest BCUT2D eigenvalue weighted by Crippen LogP contribution is 2.12. The predicted octanol–water partition coefficient (Wildman–Crippen LogP) is -0.720. The number of sulfonamides is 1. The molecule has 0 bridgehead atoms. The number of rotatable bonds is 7. The highest BCUT2D eigenvalue weighted by molar-refractivity contribution is 7.89. The lowest BCUT2D eigenvalue weighted by Crippen LogP contribution is -2.29. The van der Waals surface area contributed by atoms with E-state index in [0.717, 1.165) is 0 Å².